The third kappa shape index (κ3) is 3.70. The SMILES string of the molecule is O=C(NCCc1cnn(-c2ccccc2)n1)c1ncncc1Cl. The van der Waals surface area contributed by atoms with Gasteiger partial charge >= 0.3 is 0 Å². The van der Waals surface area contributed by atoms with Gasteiger partial charge in [-0.05, 0) is 12.1 Å². The van der Waals surface area contributed by atoms with Crippen molar-refractivity contribution in [3.8, 4) is 5.69 Å². The quantitative estimate of drug-likeness (QED) is 0.770. The van der Waals surface area contributed by atoms with Crippen LogP contribution in [0.25, 0.3) is 5.69 Å². The second kappa shape index (κ2) is 6.97. The van der Waals surface area contributed by atoms with E-state index in [-0.39, 0.29) is 16.6 Å². The van der Waals surface area contributed by atoms with Crippen molar-refractivity contribution >= 4 is 17.5 Å². The van der Waals surface area contributed by atoms with Crippen LogP contribution in [0.2, 0.25) is 5.02 Å². The molecule has 0 aliphatic rings. The predicted molar refractivity (Wildman–Crippen MR) is 84.4 cm³/mol. The van der Waals surface area contributed by atoms with E-state index in [2.05, 4.69) is 25.5 Å². The summed E-state index contributed by atoms with van der Waals surface area (Å²) in [4.78, 5) is 21.1. The van der Waals surface area contributed by atoms with Crippen LogP contribution in [0, 0.1) is 0 Å². The molecule has 0 aliphatic heterocycles. The molecule has 0 unspecified atom stereocenters. The van der Waals surface area contributed by atoms with Crippen LogP contribution >= 0.6 is 11.6 Å². The summed E-state index contributed by atoms with van der Waals surface area (Å²) in [7, 11) is 0. The van der Waals surface area contributed by atoms with Crippen molar-refractivity contribution in [2.75, 3.05) is 6.54 Å². The number of amides is 1. The average molecular weight is 329 g/mol. The summed E-state index contributed by atoms with van der Waals surface area (Å²) in [6, 6.07) is 9.61. The Hall–Kier alpha value is -2.80. The molecule has 2 heterocycles. The van der Waals surface area contributed by atoms with Gasteiger partial charge < -0.3 is 5.32 Å². The van der Waals surface area contributed by atoms with Gasteiger partial charge in [0.1, 0.15) is 12.0 Å². The predicted octanol–water partition coefficient (Wildman–Crippen LogP) is 1.68. The maximum Gasteiger partial charge on any atom is 0.271 e. The number of nitrogens with one attached hydrogen (secondary N) is 1. The summed E-state index contributed by atoms with van der Waals surface area (Å²) in [6.07, 6.45) is 4.90. The molecule has 1 aromatic carbocycles. The molecule has 3 rings (SSSR count). The van der Waals surface area contributed by atoms with Gasteiger partial charge in [-0.2, -0.15) is 15.0 Å². The minimum Gasteiger partial charge on any atom is -0.350 e. The van der Waals surface area contributed by atoms with Gasteiger partial charge in [-0.15, -0.1) is 0 Å². The van der Waals surface area contributed by atoms with Crippen molar-refractivity contribution in [2.24, 2.45) is 0 Å². The number of hydrogen-bond acceptors (Lipinski definition) is 5. The first kappa shape index (κ1) is 15.1. The number of rotatable bonds is 5. The van der Waals surface area contributed by atoms with Crippen LogP contribution < -0.4 is 5.32 Å². The van der Waals surface area contributed by atoms with Gasteiger partial charge in [-0.3, -0.25) is 4.79 Å². The summed E-state index contributed by atoms with van der Waals surface area (Å²) < 4.78 is 0. The standard InChI is InChI=1S/C15H13ClN6O/c16-13-9-17-10-19-14(13)15(23)18-7-6-11-8-20-22(21-11)12-4-2-1-3-5-12/h1-5,8-10H,6-7H2,(H,18,23). The largest absolute Gasteiger partial charge is 0.350 e. The van der Waals surface area contributed by atoms with Gasteiger partial charge in [0.05, 0.1) is 22.6 Å². The molecule has 7 nitrogen and oxygen atoms in total. The number of halogens is 1. The lowest BCUT2D eigenvalue weighted by molar-refractivity contribution is 0.0949. The highest BCUT2D eigenvalue weighted by Gasteiger charge is 2.11. The van der Waals surface area contributed by atoms with E-state index in [1.54, 1.807) is 11.0 Å². The molecule has 0 spiro atoms. The molecule has 0 radical (unpaired) electrons. The van der Waals surface area contributed by atoms with Gasteiger partial charge in [-0.25, -0.2) is 9.97 Å². The number of carbonyl (C=O) groups is 1. The molecule has 0 fully saturated rings. The van der Waals surface area contributed by atoms with Gasteiger partial charge in [-0.1, -0.05) is 29.8 Å². The second-order valence-electron chi connectivity index (χ2n) is 4.69. The van der Waals surface area contributed by atoms with Crippen molar-refractivity contribution in [3.05, 3.63) is 65.5 Å². The molecule has 3 aromatic rings. The van der Waals surface area contributed by atoms with Crippen molar-refractivity contribution in [2.45, 2.75) is 6.42 Å². The van der Waals surface area contributed by atoms with E-state index < -0.39 is 0 Å². The molecular weight excluding hydrogens is 316 g/mol. The number of benzene rings is 1. The molecule has 0 bridgehead atoms. The van der Waals surface area contributed by atoms with Crippen molar-refractivity contribution < 1.29 is 4.79 Å². The molecule has 23 heavy (non-hydrogen) atoms. The molecule has 8 heteroatoms. The summed E-state index contributed by atoms with van der Waals surface area (Å²) in [5.41, 5.74) is 1.83. The van der Waals surface area contributed by atoms with Gasteiger partial charge in [0.25, 0.3) is 5.91 Å². The monoisotopic (exact) mass is 328 g/mol. The first-order valence-corrected chi connectivity index (χ1v) is 7.32. The minimum atomic E-state index is -0.340. The number of aromatic nitrogens is 5. The van der Waals surface area contributed by atoms with E-state index in [9.17, 15) is 4.79 Å². The van der Waals surface area contributed by atoms with Crippen LogP contribution in [0.5, 0.6) is 0 Å². The Morgan fingerprint density at radius 1 is 1.22 bits per heavy atom. The van der Waals surface area contributed by atoms with E-state index in [1.807, 2.05) is 30.3 Å². The van der Waals surface area contributed by atoms with Crippen LogP contribution in [0.15, 0.2) is 49.1 Å². The highest BCUT2D eigenvalue weighted by Crippen LogP contribution is 2.10. The Balaban J connectivity index is 1.56. The third-order valence-electron chi connectivity index (χ3n) is 3.08. The fourth-order valence-corrected chi connectivity index (χ4v) is 2.15. The molecule has 0 saturated heterocycles. The molecule has 1 amide bonds. The van der Waals surface area contributed by atoms with E-state index >= 15 is 0 Å². The molecule has 2 aromatic heterocycles. The van der Waals surface area contributed by atoms with Crippen LogP contribution in [0.4, 0.5) is 0 Å². The fraction of sp³-hybridized carbons (Fsp3) is 0.133. The van der Waals surface area contributed by atoms with Crippen LogP contribution in [-0.4, -0.2) is 37.4 Å². The first-order chi connectivity index (χ1) is 11.2. The Bertz CT molecular complexity index is 804. The second-order valence-corrected chi connectivity index (χ2v) is 5.09. The average Bonchev–Trinajstić information content (AvgIpc) is 3.05. The maximum absolute atomic E-state index is 12.0. The smallest absolute Gasteiger partial charge is 0.271 e. The zero-order valence-corrected chi connectivity index (χ0v) is 12.8. The zero-order chi connectivity index (χ0) is 16.1. The number of nitrogens with zero attached hydrogens (tertiary/aromatic N) is 5. The van der Waals surface area contributed by atoms with Crippen LogP contribution in [0.3, 0.4) is 0 Å². The highest BCUT2D eigenvalue weighted by molar-refractivity contribution is 6.33. The third-order valence-corrected chi connectivity index (χ3v) is 3.35. The van der Waals surface area contributed by atoms with Gasteiger partial charge in [0, 0.05) is 19.2 Å². The molecular formula is C15H13ClN6O. The summed E-state index contributed by atoms with van der Waals surface area (Å²) in [5.74, 6) is -0.340. The zero-order valence-electron chi connectivity index (χ0n) is 12.1. The fourth-order valence-electron chi connectivity index (χ4n) is 1.96. The number of para-hydroxylation sites is 1. The number of hydrogen-bond donors (Lipinski definition) is 1. The maximum atomic E-state index is 12.0. The van der Waals surface area contributed by atoms with Gasteiger partial charge in [0.2, 0.25) is 0 Å². The molecule has 0 saturated carbocycles. The summed E-state index contributed by atoms with van der Waals surface area (Å²) in [5, 5.41) is 11.5. The molecule has 116 valence electrons. The van der Waals surface area contributed by atoms with E-state index in [0.29, 0.717) is 13.0 Å². The van der Waals surface area contributed by atoms with Crippen molar-refractivity contribution in [1.82, 2.24) is 30.3 Å². The van der Waals surface area contributed by atoms with E-state index in [0.717, 1.165) is 11.4 Å². The lowest BCUT2D eigenvalue weighted by Gasteiger charge is -2.04. The van der Waals surface area contributed by atoms with Crippen molar-refractivity contribution in [1.29, 1.82) is 0 Å². The summed E-state index contributed by atoms with van der Waals surface area (Å²) >= 11 is 5.87. The summed E-state index contributed by atoms with van der Waals surface area (Å²) in [6.45, 7) is 0.409. The minimum absolute atomic E-state index is 0.162. The molecule has 0 atom stereocenters. The van der Waals surface area contributed by atoms with E-state index in [4.69, 9.17) is 11.6 Å². The van der Waals surface area contributed by atoms with E-state index in [1.165, 1.54) is 12.5 Å². The lowest BCUT2D eigenvalue weighted by Crippen LogP contribution is -2.27. The Morgan fingerprint density at radius 3 is 2.83 bits per heavy atom. The van der Waals surface area contributed by atoms with Crippen molar-refractivity contribution in [3.63, 3.8) is 0 Å². The Kier molecular flexibility index (Phi) is 4.58. The Labute approximate surface area is 137 Å². The lowest BCUT2D eigenvalue weighted by atomic mass is 10.3. The molecule has 1 N–H and O–H groups in total. The van der Waals surface area contributed by atoms with Crippen LogP contribution in [-0.2, 0) is 6.42 Å². The number of carbonyl (C=O) groups excluding carboxylic acids is 1. The normalized spacial score (nSPS) is 10.5. The first-order valence-electron chi connectivity index (χ1n) is 6.94. The van der Waals surface area contributed by atoms with Gasteiger partial charge in [0.15, 0.2) is 0 Å². The highest BCUT2D eigenvalue weighted by atomic mass is 35.5. The Morgan fingerprint density at radius 2 is 2.04 bits per heavy atom. The molecule has 0 aliphatic carbocycles. The topological polar surface area (TPSA) is 85.6 Å². The van der Waals surface area contributed by atoms with Crippen LogP contribution in [0.1, 0.15) is 16.2 Å².